The van der Waals surface area contributed by atoms with Crippen molar-refractivity contribution in [3.05, 3.63) is 60.2 Å². The molecule has 1 aliphatic heterocycles. The smallest absolute Gasteiger partial charge is 0.227 e. The van der Waals surface area contributed by atoms with Crippen LogP contribution in [0, 0.1) is 11.8 Å². The Morgan fingerprint density at radius 3 is 2.52 bits per heavy atom. The molecule has 4 nitrogen and oxygen atoms in total. The Hall–Kier alpha value is -2.04. The van der Waals surface area contributed by atoms with Crippen molar-refractivity contribution in [1.82, 2.24) is 5.32 Å². The van der Waals surface area contributed by atoms with Gasteiger partial charge in [-0.3, -0.25) is 4.79 Å². The highest BCUT2D eigenvalue weighted by Gasteiger charge is 2.29. The van der Waals surface area contributed by atoms with Gasteiger partial charge in [-0.1, -0.05) is 49.4 Å². The van der Waals surface area contributed by atoms with Crippen LogP contribution in [-0.2, 0) is 11.2 Å². The van der Waals surface area contributed by atoms with E-state index in [0.29, 0.717) is 12.5 Å². The molecule has 1 aliphatic rings. The number of benzene rings is 2. The van der Waals surface area contributed by atoms with E-state index >= 15 is 0 Å². The number of carbonyl (C=O) groups is 1. The molecule has 1 fully saturated rings. The fourth-order valence-corrected chi connectivity index (χ4v) is 2.74. The largest absolute Gasteiger partial charge is 0.491 e. The monoisotopic (exact) mass is 360 g/mol. The molecular formula is C20H25ClN2O2. The van der Waals surface area contributed by atoms with Gasteiger partial charge in [-0.05, 0) is 36.7 Å². The fourth-order valence-electron chi connectivity index (χ4n) is 2.74. The van der Waals surface area contributed by atoms with Crippen molar-refractivity contribution < 1.29 is 9.53 Å². The Bertz CT molecular complexity index is 674. The Morgan fingerprint density at radius 1 is 1.16 bits per heavy atom. The van der Waals surface area contributed by atoms with Crippen LogP contribution in [0.3, 0.4) is 0 Å². The lowest BCUT2D eigenvalue weighted by atomic mass is 9.88. The highest BCUT2D eigenvalue weighted by atomic mass is 35.5. The summed E-state index contributed by atoms with van der Waals surface area (Å²) < 4.78 is 5.90. The molecule has 0 aliphatic carbocycles. The van der Waals surface area contributed by atoms with Gasteiger partial charge in [0.15, 0.2) is 0 Å². The minimum absolute atomic E-state index is 0. The van der Waals surface area contributed by atoms with Crippen molar-refractivity contribution in [1.29, 1.82) is 0 Å². The summed E-state index contributed by atoms with van der Waals surface area (Å²) >= 11 is 0. The van der Waals surface area contributed by atoms with Gasteiger partial charge >= 0.3 is 0 Å². The van der Waals surface area contributed by atoms with Gasteiger partial charge in [-0.2, -0.15) is 0 Å². The number of anilines is 1. The van der Waals surface area contributed by atoms with Crippen molar-refractivity contribution in [3.8, 4) is 5.75 Å². The lowest BCUT2D eigenvalue weighted by Crippen LogP contribution is -2.48. The number of hydrogen-bond donors (Lipinski definition) is 2. The van der Waals surface area contributed by atoms with Crippen molar-refractivity contribution in [2.45, 2.75) is 13.3 Å². The second-order valence-corrected chi connectivity index (χ2v) is 6.28. The van der Waals surface area contributed by atoms with Gasteiger partial charge < -0.3 is 15.4 Å². The van der Waals surface area contributed by atoms with Gasteiger partial charge in [-0.15, -0.1) is 12.4 Å². The van der Waals surface area contributed by atoms with Crippen LogP contribution in [0.5, 0.6) is 5.75 Å². The summed E-state index contributed by atoms with van der Waals surface area (Å²) in [7, 11) is 0. The summed E-state index contributed by atoms with van der Waals surface area (Å²) in [6, 6.07) is 17.9. The van der Waals surface area contributed by atoms with E-state index in [1.807, 2.05) is 49.4 Å². The molecule has 0 aromatic heterocycles. The minimum atomic E-state index is 0. The fraction of sp³-hybridized carbons (Fsp3) is 0.350. The number of nitrogens with one attached hydrogen (secondary N) is 2. The maximum Gasteiger partial charge on any atom is 0.227 e. The van der Waals surface area contributed by atoms with Gasteiger partial charge in [-0.25, -0.2) is 0 Å². The molecule has 0 radical (unpaired) electrons. The minimum Gasteiger partial charge on any atom is -0.491 e. The second-order valence-electron chi connectivity index (χ2n) is 6.28. The Kier molecular flexibility index (Phi) is 7.29. The van der Waals surface area contributed by atoms with E-state index in [-0.39, 0.29) is 24.2 Å². The van der Waals surface area contributed by atoms with Crippen LogP contribution < -0.4 is 15.4 Å². The first kappa shape index (κ1) is 19.3. The molecule has 3 rings (SSSR count). The molecule has 1 amide bonds. The molecule has 5 heteroatoms. The summed E-state index contributed by atoms with van der Waals surface area (Å²) in [5, 5.41) is 6.23. The maximum atomic E-state index is 12.4. The molecule has 2 aromatic carbocycles. The summed E-state index contributed by atoms with van der Waals surface area (Å²) in [5.74, 6) is 1.21. The number of hydrogen-bond acceptors (Lipinski definition) is 3. The third kappa shape index (κ3) is 5.21. The maximum absolute atomic E-state index is 12.4. The van der Waals surface area contributed by atoms with Gasteiger partial charge in [0.2, 0.25) is 5.91 Å². The second kappa shape index (κ2) is 9.44. The quantitative estimate of drug-likeness (QED) is 0.794. The SMILES string of the molecule is CC(C(=O)Nc1ccccc1OCCc1ccccc1)C1CNC1.Cl. The average molecular weight is 361 g/mol. The number of ether oxygens (including phenoxy) is 1. The molecule has 134 valence electrons. The third-order valence-electron chi connectivity index (χ3n) is 4.57. The third-order valence-corrected chi connectivity index (χ3v) is 4.57. The van der Waals surface area contributed by atoms with Gasteiger partial charge in [0.1, 0.15) is 5.75 Å². The molecule has 0 saturated carbocycles. The number of halogens is 1. The molecule has 25 heavy (non-hydrogen) atoms. The van der Waals surface area contributed by atoms with E-state index in [9.17, 15) is 4.79 Å². The van der Waals surface area contributed by atoms with Crippen LogP contribution in [0.25, 0.3) is 0 Å². The number of rotatable bonds is 7. The summed E-state index contributed by atoms with van der Waals surface area (Å²) in [6.45, 7) is 4.41. The molecule has 1 atom stereocenters. The van der Waals surface area contributed by atoms with E-state index in [4.69, 9.17) is 4.74 Å². The van der Waals surface area contributed by atoms with E-state index < -0.39 is 0 Å². The van der Waals surface area contributed by atoms with Crippen molar-refractivity contribution in [3.63, 3.8) is 0 Å². The van der Waals surface area contributed by atoms with Crippen LogP contribution >= 0.6 is 12.4 Å². The molecule has 0 spiro atoms. The molecule has 1 saturated heterocycles. The number of amides is 1. The molecule has 0 bridgehead atoms. The molecule has 1 heterocycles. The standard InChI is InChI=1S/C20H24N2O2.ClH/c1-15(17-13-21-14-17)20(23)22-18-9-5-6-10-19(18)24-12-11-16-7-3-2-4-8-16;/h2-10,15,17,21H,11-14H2,1H3,(H,22,23);1H. The van der Waals surface area contributed by atoms with Crippen molar-refractivity contribution >= 4 is 24.0 Å². The van der Waals surface area contributed by atoms with E-state index in [0.717, 1.165) is 30.9 Å². The Morgan fingerprint density at radius 2 is 1.84 bits per heavy atom. The zero-order valence-electron chi connectivity index (χ0n) is 14.4. The Labute approximate surface area is 155 Å². The lowest BCUT2D eigenvalue weighted by molar-refractivity contribution is -0.121. The zero-order chi connectivity index (χ0) is 16.8. The number of para-hydroxylation sites is 2. The first-order chi connectivity index (χ1) is 11.7. The van der Waals surface area contributed by atoms with E-state index in [2.05, 4.69) is 22.8 Å². The summed E-state index contributed by atoms with van der Waals surface area (Å²) in [4.78, 5) is 12.4. The molecule has 2 aromatic rings. The normalized spacial score (nSPS) is 14.8. The summed E-state index contributed by atoms with van der Waals surface area (Å²) in [6.07, 6.45) is 0.841. The predicted molar refractivity (Wildman–Crippen MR) is 103 cm³/mol. The zero-order valence-corrected chi connectivity index (χ0v) is 15.2. The lowest BCUT2D eigenvalue weighted by Gasteiger charge is -2.31. The summed E-state index contributed by atoms with van der Waals surface area (Å²) in [5.41, 5.74) is 1.99. The van der Waals surface area contributed by atoms with Crippen LogP contribution in [0.4, 0.5) is 5.69 Å². The van der Waals surface area contributed by atoms with Crippen LogP contribution in [0.15, 0.2) is 54.6 Å². The topological polar surface area (TPSA) is 50.4 Å². The first-order valence-corrected chi connectivity index (χ1v) is 8.51. The molecule has 1 unspecified atom stereocenters. The van der Waals surface area contributed by atoms with Crippen LogP contribution in [-0.4, -0.2) is 25.6 Å². The van der Waals surface area contributed by atoms with Crippen LogP contribution in [0.2, 0.25) is 0 Å². The molecular weight excluding hydrogens is 336 g/mol. The molecule has 2 N–H and O–H groups in total. The highest BCUT2D eigenvalue weighted by Crippen LogP contribution is 2.26. The average Bonchev–Trinajstić information content (AvgIpc) is 2.56. The highest BCUT2D eigenvalue weighted by molar-refractivity contribution is 5.94. The van der Waals surface area contributed by atoms with Crippen molar-refractivity contribution in [2.24, 2.45) is 11.8 Å². The Balaban J connectivity index is 0.00000225. The van der Waals surface area contributed by atoms with Gasteiger partial charge in [0, 0.05) is 12.3 Å². The van der Waals surface area contributed by atoms with Gasteiger partial charge in [0.25, 0.3) is 0 Å². The first-order valence-electron chi connectivity index (χ1n) is 8.51. The van der Waals surface area contributed by atoms with E-state index in [1.165, 1.54) is 5.56 Å². The van der Waals surface area contributed by atoms with Crippen LogP contribution in [0.1, 0.15) is 12.5 Å². The van der Waals surface area contributed by atoms with Crippen molar-refractivity contribution in [2.75, 3.05) is 25.0 Å². The van der Waals surface area contributed by atoms with E-state index in [1.54, 1.807) is 0 Å². The van der Waals surface area contributed by atoms with Gasteiger partial charge in [0.05, 0.1) is 12.3 Å². The predicted octanol–water partition coefficient (Wildman–Crippen LogP) is 3.52. The number of carbonyl (C=O) groups excluding carboxylic acids is 1.